The molecular formula is C24H31NaO6. The molecular weight excluding hydrogens is 407 g/mol. The van der Waals surface area contributed by atoms with Gasteiger partial charge in [0, 0.05) is 11.1 Å². The molecule has 2 saturated heterocycles. The fraction of sp³-hybridized carbons (Fsp3) is 0.500. The van der Waals surface area contributed by atoms with Gasteiger partial charge in [-0.1, -0.05) is 36.4 Å². The zero-order chi connectivity index (χ0) is 21.4. The van der Waals surface area contributed by atoms with Gasteiger partial charge >= 0.3 is 29.6 Å². The summed E-state index contributed by atoms with van der Waals surface area (Å²) in [5.41, 5.74) is 6.43. The first kappa shape index (κ1) is 24.8. The summed E-state index contributed by atoms with van der Waals surface area (Å²) in [6.07, 6.45) is -4.05. The number of benzene rings is 2. The Morgan fingerprint density at radius 2 is 1.42 bits per heavy atom. The molecule has 6 nitrogen and oxygen atoms in total. The van der Waals surface area contributed by atoms with Gasteiger partial charge in [0.15, 0.2) is 12.6 Å². The molecule has 2 aromatic carbocycles. The Morgan fingerprint density at radius 3 is 1.97 bits per heavy atom. The van der Waals surface area contributed by atoms with Gasteiger partial charge < -0.3 is 29.2 Å². The number of rotatable bonds is 4. The van der Waals surface area contributed by atoms with Crippen molar-refractivity contribution in [3.05, 3.63) is 69.8 Å². The van der Waals surface area contributed by atoms with E-state index in [9.17, 15) is 10.2 Å². The van der Waals surface area contributed by atoms with Crippen molar-refractivity contribution in [3.63, 3.8) is 0 Å². The van der Waals surface area contributed by atoms with Crippen LogP contribution in [0.25, 0.3) is 0 Å². The second-order valence-electron chi connectivity index (χ2n) is 8.31. The van der Waals surface area contributed by atoms with E-state index in [1.54, 1.807) is 0 Å². The van der Waals surface area contributed by atoms with Crippen LogP contribution in [-0.2, 0) is 18.9 Å². The summed E-state index contributed by atoms with van der Waals surface area (Å²) >= 11 is 0. The number of aliphatic hydroxyl groups is 2. The number of ether oxygens (including phenoxy) is 4. The zero-order valence-electron chi connectivity index (χ0n) is 17.9. The Morgan fingerprint density at radius 1 is 0.839 bits per heavy atom. The minimum absolute atomic E-state index is 0. The summed E-state index contributed by atoms with van der Waals surface area (Å²) in [5, 5.41) is 20.1. The molecule has 0 spiro atoms. The summed E-state index contributed by atoms with van der Waals surface area (Å²) < 4.78 is 24.4. The molecule has 2 aliphatic rings. The summed E-state index contributed by atoms with van der Waals surface area (Å²) in [4.78, 5) is 0. The quantitative estimate of drug-likeness (QED) is 0.715. The summed E-state index contributed by atoms with van der Waals surface area (Å²) in [5.74, 6) is 0. The van der Waals surface area contributed by atoms with E-state index in [-0.39, 0.29) is 29.6 Å². The number of fused-ring (bicyclic) bond motifs is 1. The van der Waals surface area contributed by atoms with Crippen LogP contribution in [0, 0.1) is 27.7 Å². The minimum atomic E-state index is -1.09. The molecule has 0 amide bonds. The van der Waals surface area contributed by atoms with E-state index in [2.05, 4.69) is 6.92 Å². The van der Waals surface area contributed by atoms with Gasteiger partial charge in [0.2, 0.25) is 0 Å². The Balaban J connectivity index is 0.00000272. The predicted molar refractivity (Wildman–Crippen MR) is 118 cm³/mol. The average Bonchev–Trinajstić information content (AvgIpc) is 2.75. The predicted octanol–water partition coefficient (Wildman–Crippen LogP) is 2.52. The maximum absolute atomic E-state index is 10.5. The van der Waals surface area contributed by atoms with E-state index < -0.39 is 43.6 Å². The van der Waals surface area contributed by atoms with Gasteiger partial charge in [-0.25, -0.2) is 0 Å². The summed E-state index contributed by atoms with van der Waals surface area (Å²) in [7, 11) is 0. The number of hydrogen-bond donors (Lipinski definition) is 2. The third-order valence-corrected chi connectivity index (χ3v) is 6.13. The Hall–Kier alpha value is -0.800. The van der Waals surface area contributed by atoms with Crippen LogP contribution in [0.15, 0.2) is 36.4 Å². The van der Waals surface area contributed by atoms with Gasteiger partial charge in [-0.3, -0.25) is 0 Å². The maximum atomic E-state index is 10.5. The molecule has 164 valence electrons. The zero-order valence-corrected chi connectivity index (χ0v) is 17.9. The van der Waals surface area contributed by atoms with Gasteiger partial charge in [-0.15, -0.1) is 0 Å². The number of aliphatic hydroxyl groups excluding tert-OH is 2. The van der Waals surface area contributed by atoms with Gasteiger partial charge in [0.25, 0.3) is 0 Å². The molecule has 2 N–H and O–H groups in total. The van der Waals surface area contributed by atoms with Crippen molar-refractivity contribution >= 4 is 29.6 Å². The van der Waals surface area contributed by atoms with E-state index >= 15 is 0 Å². The van der Waals surface area contributed by atoms with Crippen molar-refractivity contribution in [2.24, 2.45) is 0 Å². The van der Waals surface area contributed by atoms with Crippen LogP contribution in [0.5, 0.6) is 0 Å². The van der Waals surface area contributed by atoms with Crippen LogP contribution in [0.1, 0.15) is 46.0 Å². The van der Waals surface area contributed by atoms with Crippen LogP contribution < -0.4 is 0 Å². The van der Waals surface area contributed by atoms with Crippen molar-refractivity contribution in [3.8, 4) is 0 Å². The Labute approximate surface area is 205 Å². The van der Waals surface area contributed by atoms with Crippen LogP contribution in [-0.4, -0.2) is 77.4 Å². The first-order chi connectivity index (χ1) is 14.4. The molecule has 2 aliphatic heterocycles. The summed E-state index contributed by atoms with van der Waals surface area (Å²) in [6, 6.07) is 12.1. The van der Waals surface area contributed by atoms with E-state index in [0.717, 1.165) is 22.3 Å². The van der Waals surface area contributed by atoms with Gasteiger partial charge in [0.1, 0.15) is 24.4 Å². The van der Waals surface area contributed by atoms with Crippen molar-refractivity contribution in [2.75, 3.05) is 13.2 Å². The molecule has 0 saturated carbocycles. The SMILES string of the molecule is Cc1ccc(C2OC[C@@H]3OC(c4ccc(C)c(C)c4)O[C@H]([C@H](O)CO)[C@@H]3O2)cc1C.[NaH]. The summed E-state index contributed by atoms with van der Waals surface area (Å²) in [6.45, 7) is 8.07. The number of hydrogen-bond acceptors (Lipinski definition) is 6. The monoisotopic (exact) mass is 438 g/mol. The fourth-order valence-corrected chi connectivity index (χ4v) is 3.93. The van der Waals surface area contributed by atoms with Gasteiger partial charge in [-0.2, -0.15) is 0 Å². The molecule has 2 unspecified atom stereocenters. The third-order valence-electron chi connectivity index (χ3n) is 6.13. The Kier molecular flexibility index (Phi) is 8.35. The normalized spacial score (nSPS) is 29.0. The van der Waals surface area contributed by atoms with Gasteiger partial charge in [-0.05, 0) is 49.9 Å². The third kappa shape index (κ3) is 5.24. The van der Waals surface area contributed by atoms with E-state index in [4.69, 9.17) is 18.9 Å². The molecule has 0 aromatic heterocycles. The van der Waals surface area contributed by atoms with Crippen LogP contribution in [0.4, 0.5) is 0 Å². The molecule has 0 radical (unpaired) electrons. The molecule has 2 heterocycles. The molecule has 4 rings (SSSR count). The second-order valence-corrected chi connectivity index (χ2v) is 8.31. The fourth-order valence-electron chi connectivity index (χ4n) is 3.93. The molecule has 31 heavy (non-hydrogen) atoms. The van der Waals surface area contributed by atoms with E-state index in [0.29, 0.717) is 6.61 Å². The van der Waals surface area contributed by atoms with Gasteiger partial charge in [0.05, 0.1) is 13.2 Å². The van der Waals surface area contributed by atoms with Crippen LogP contribution in [0.2, 0.25) is 0 Å². The van der Waals surface area contributed by atoms with Crippen molar-refractivity contribution in [1.29, 1.82) is 0 Å². The molecule has 0 bridgehead atoms. The van der Waals surface area contributed by atoms with E-state index in [1.807, 2.05) is 57.2 Å². The molecule has 0 aliphatic carbocycles. The van der Waals surface area contributed by atoms with Crippen LogP contribution >= 0.6 is 0 Å². The second kappa shape index (κ2) is 10.4. The van der Waals surface area contributed by atoms with Crippen LogP contribution in [0.3, 0.4) is 0 Å². The standard InChI is InChI=1S/C24H30O6.Na.H/c1-13-5-7-17(9-15(13)3)23-27-12-20-22(30-23)21(19(26)11-25)29-24(28-20)18-8-6-14(2)16(4)10-18;;/h5-10,19-26H,11-12H2,1-4H3;;/t19-,20+,21-,22-,23?,24?;;/m1../s1. The molecule has 2 fully saturated rings. The number of aryl methyl sites for hydroxylation is 4. The molecule has 7 heteroatoms. The average molecular weight is 438 g/mol. The van der Waals surface area contributed by atoms with Crippen molar-refractivity contribution in [2.45, 2.75) is 64.7 Å². The topological polar surface area (TPSA) is 77.4 Å². The van der Waals surface area contributed by atoms with Crippen molar-refractivity contribution < 1.29 is 29.2 Å². The Bertz CT molecular complexity index is 902. The molecule has 6 atom stereocenters. The van der Waals surface area contributed by atoms with Crippen molar-refractivity contribution in [1.82, 2.24) is 0 Å². The molecule has 2 aromatic rings. The first-order valence-corrected chi connectivity index (χ1v) is 10.4. The first-order valence-electron chi connectivity index (χ1n) is 10.4. The van der Waals surface area contributed by atoms with E-state index in [1.165, 1.54) is 11.1 Å².